The Balaban J connectivity index is 1.82. The van der Waals surface area contributed by atoms with E-state index in [9.17, 15) is 9.59 Å². The predicted molar refractivity (Wildman–Crippen MR) is 91.2 cm³/mol. The van der Waals surface area contributed by atoms with Gasteiger partial charge in [0.05, 0.1) is 11.3 Å². The molecule has 7 heteroatoms. The van der Waals surface area contributed by atoms with Crippen molar-refractivity contribution in [1.82, 2.24) is 10.5 Å². The number of benzene rings is 2. The summed E-state index contributed by atoms with van der Waals surface area (Å²) in [5.74, 6) is -0.332. The standard InChI is InChI=1S/C18H17N3O4/c19-7-8-24-11-2-3-12-10(9-11)1-5-14-16(12)17(21-25-14)13-4-6-15(22)20-18(13)23/h1-3,5,9,13H,4,6-8,19H2,(H,20,22,23). The molecule has 1 aliphatic heterocycles. The normalized spacial score (nSPS) is 17.9. The highest BCUT2D eigenvalue weighted by Gasteiger charge is 2.32. The number of piperidine rings is 1. The summed E-state index contributed by atoms with van der Waals surface area (Å²) in [5.41, 5.74) is 6.65. The molecule has 2 amide bonds. The molecule has 0 bridgehead atoms. The Morgan fingerprint density at radius 2 is 2.16 bits per heavy atom. The molecule has 0 radical (unpaired) electrons. The summed E-state index contributed by atoms with van der Waals surface area (Å²) in [4.78, 5) is 23.6. The molecule has 1 aromatic heterocycles. The number of fused-ring (bicyclic) bond motifs is 3. The van der Waals surface area contributed by atoms with Crippen molar-refractivity contribution >= 4 is 33.6 Å². The summed E-state index contributed by atoms with van der Waals surface area (Å²) >= 11 is 0. The fraction of sp³-hybridized carbons (Fsp3) is 0.278. The van der Waals surface area contributed by atoms with Crippen molar-refractivity contribution in [3.63, 3.8) is 0 Å². The van der Waals surface area contributed by atoms with Crippen LogP contribution in [-0.4, -0.2) is 30.1 Å². The van der Waals surface area contributed by atoms with Crippen LogP contribution in [-0.2, 0) is 9.59 Å². The van der Waals surface area contributed by atoms with E-state index >= 15 is 0 Å². The number of imide groups is 1. The van der Waals surface area contributed by atoms with Crippen LogP contribution in [0.3, 0.4) is 0 Å². The molecule has 1 unspecified atom stereocenters. The maximum atomic E-state index is 12.2. The zero-order valence-electron chi connectivity index (χ0n) is 13.5. The van der Waals surface area contributed by atoms with E-state index in [1.165, 1.54) is 0 Å². The van der Waals surface area contributed by atoms with Gasteiger partial charge < -0.3 is 15.0 Å². The third kappa shape index (κ3) is 2.72. The first kappa shape index (κ1) is 15.6. The fourth-order valence-electron chi connectivity index (χ4n) is 3.23. The van der Waals surface area contributed by atoms with Gasteiger partial charge in [0.25, 0.3) is 0 Å². The third-order valence-corrected chi connectivity index (χ3v) is 4.41. The van der Waals surface area contributed by atoms with Gasteiger partial charge in [-0.25, -0.2) is 0 Å². The molecule has 4 rings (SSSR count). The Morgan fingerprint density at radius 3 is 2.96 bits per heavy atom. The van der Waals surface area contributed by atoms with Gasteiger partial charge in [-0.1, -0.05) is 11.2 Å². The van der Waals surface area contributed by atoms with E-state index in [2.05, 4.69) is 10.5 Å². The highest BCUT2D eigenvalue weighted by molar-refractivity contribution is 6.10. The van der Waals surface area contributed by atoms with E-state index in [-0.39, 0.29) is 11.8 Å². The third-order valence-electron chi connectivity index (χ3n) is 4.41. The number of aromatic nitrogens is 1. The number of rotatable bonds is 4. The molecular weight excluding hydrogens is 322 g/mol. The largest absolute Gasteiger partial charge is 0.492 e. The van der Waals surface area contributed by atoms with Crippen molar-refractivity contribution in [1.29, 1.82) is 0 Å². The molecule has 1 saturated heterocycles. The maximum Gasteiger partial charge on any atom is 0.235 e. The Morgan fingerprint density at radius 1 is 1.28 bits per heavy atom. The van der Waals surface area contributed by atoms with Crippen molar-refractivity contribution in [3.8, 4) is 5.75 Å². The number of carbonyl (C=O) groups excluding carboxylic acids is 2. The molecule has 0 spiro atoms. The minimum Gasteiger partial charge on any atom is -0.492 e. The Kier molecular flexibility index (Phi) is 3.85. The number of amides is 2. The highest BCUT2D eigenvalue weighted by Crippen LogP contribution is 2.36. The lowest BCUT2D eigenvalue weighted by atomic mass is 9.91. The van der Waals surface area contributed by atoms with Crippen LogP contribution in [0.15, 0.2) is 34.9 Å². The van der Waals surface area contributed by atoms with E-state index in [4.69, 9.17) is 15.0 Å². The number of nitrogens with one attached hydrogen (secondary N) is 1. The van der Waals surface area contributed by atoms with E-state index in [0.29, 0.717) is 37.3 Å². The number of ether oxygens (including phenoxy) is 1. The number of nitrogens with zero attached hydrogens (tertiary/aromatic N) is 1. The first-order chi connectivity index (χ1) is 12.2. The zero-order chi connectivity index (χ0) is 17.4. The molecule has 128 valence electrons. The summed E-state index contributed by atoms with van der Waals surface area (Å²) < 4.78 is 11.0. The van der Waals surface area contributed by atoms with Gasteiger partial charge in [-0.15, -0.1) is 0 Å². The summed E-state index contributed by atoms with van der Waals surface area (Å²) in [5, 5.41) is 9.18. The zero-order valence-corrected chi connectivity index (χ0v) is 13.5. The topological polar surface area (TPSA) is 107 Å². The molecule has 0 saturated carbocycles. The second kappa shape index (κ2) is 6.18. The van der Waals surface area contributed by atoms with Gasteiger partial charge in [0.15, 0.2) is 5.58 Å². The monoisotopic (exact) mass is 339 g/mol. The summed E-state index contributed by atoms with van der Waals surface area (Å²) in [6.07, 6.45) is 0.729. The van der Waals surface area contributed by atoms with Gasteiger partial charge in [0, 0.05) is 13.0 Å². The van der Waals surface area contributed by atoms with Crippen molar-refractivity contribution in [2.75, 3.05) is 13.2 Å². The summed E-state index contributed by atoms with van der Waals surface area (Å²) in [6, 6.07) is 9.46. The average molecular weight is 339 g/mol. The molecule has 25 heavy (non-hydrogen) atoms. The Labute approximate surface area is 143 Å². The quantitative estimate of drug-likeness (QED) is 0.702. The van der Waals surface area contributed by atoms with Crippen LogP contribution in [0.4, 0.5) is 0 Å². The van der Waals surface area contributed by atoms with Crippen LogP contribution in [0.2, 0.25) is 0 Å². The first-order valence-electron chi connectivity index (χ1n) is 8.16. The molecule has 0 aliphatic carbocycles. The highest BCUT2D eigenvalue weighted by atomic mass is 16.5. The predicted octanol–water partition coefficient (Wildman–Crippen LogP) is 1.84. The van der Waals surface area contributed by atoms with Gasteiger partial charge in [0.1, 0.15) is 18.1 Å². The van der Waals surface area contributed by atoms with Gasteiger partial charge >= 0.3 is 0 Å². The molecular formula is C18H17N3O4. The van der Waals surface area contributed by atoms with Gasteiger partial charge in [0.2, 0.25) is 11.8 Å². The van der Waals surface area contributed by atoms with Crippen LogP contribution >= 0.6 is 0 Å². The fourth-order valence-corrected chi connectivity index (χ4v) is 3.23. The van der Waals surface area contributed by atoms with Gasteiger partial charge in [-0.05, 0) is 41.5 Å². The molecule has 7 nitrogen and oxygen atoms in total. The molecule has 3 aromatic rings. The molecule has 3 N–H and O–H groups in total. The van der Waals surface area contributed by atoms with Crippen LogP contribution in [0, 0.1) is 0 Å². The summed E-state index contributed by atoms with van der Waals surface area (Å²) in [7, 11) is 0. The SMILES string of the molecule is NCCOc1ccc2c(ccc3onc(C4CCC(=O)NC4=O)c32)c1. The molecule has 2 heterocycles. The molecule has 1 aliphatic rings. The first-order valence-corrected chi connectivity index (χ1v) is 8.16. The maximum absolute atomic E-state index is 12.2. The molecule has 1 atom stereocenters. The second-order valence-corrected chi connectivity index (χ2v) is 6.03. The van der Waals surface area contributed by atoms with E-state index in [0.717, 1.165) is 21.9 Å². The molecule has 1 fully saturated rings. The number of hydrogen-bond donors (Lipinski definition) is 2. The van der Waals surface area contributed by atoms with Crippen molar-refractivity contribution in [3.05, 3.63) is 36.0 Å². The van der Waals surface area contributed by atoms with E-state index < -0.39 is 5.92 Å². The molecule has 2 aromatic carbocycles. The van der Waals surface area contributed by atoms with Gasteiger partial charge in [-0.3, -0.25) is 14.9 Å². The number of nitrogens with two attached hydrogens (primary N) is 1. The van der Waals surface area contributed by atoms with Crippen LogP contribution in [0.25, 0.3) is 21.7 Å². The second-order valence-electron chi connectivity index (χ2n) is 6.03. The minimum absolute atomic E-state index is 0.249. The number of hydrogen-bond acceptors (Lipinski definition) is 6. The van der Waals surface area contributed by atoms with Gasteiger partial charge in [-0.2, -0.15) is 0 Å². The van der Waals surface area contributed by atoms with Crippen LogP contribution in [0.5, 0.6) is 5.75 Å². The van der Waals surface area contributed by atoms with Crippen LogP contribution < -0.4 is 15.8 Å². The lowest BCUT2D eigenvalue weighted by Crippen LogP contribution is -2.39. The van der Waals surface area contributed by atoms with E-state index in [1.807, 2.05) is 30.3 Å². The Hall–Kier alpha value is -2.93. The number of carbonyl (C=O) groups is 2. The summed E-state index contributed by atoms with van der Waals surface area (Å²) in [6.45, 7) is 0.894. The van der Waals surface area contributed by atoms with Crippen LogP contribution in [0.1, 0.15) is 24.5 Å². The van der Waals surface area contributed by atoms with Crippen molar-refractivity contribution < 1.29 is 18.8 Å². The lowest BCUT2D eigenvalue weighted by Gasteiger charge is -2.19. The smallest absolute Gasteiger partial charge is 0.235 e. The van der Waals surface area contributed by atoms with Crippen molar-refractivity contribution in [2.24, 2.45) is 5.73 Å². The van der Waals surface area contributed by atoms with Crippen molar-refractivity contribution in [2.45, 2.75) is 18.8 Å². The lowest BCUT2D eigenvalue weighted by molar-refractivity contribution is -0.134. The minimum atomic E-state index is -0.488. The van der Waals surface area contributed by atoms with E-state index in [1.54, 1.807) is 0 Å². The Bertz CT molecular complexity index is 979. The average Bonchev–Trinajstić information content (AvgIpc) is 3.04.